The summed E-state index contributed by atoms with van der Waals surface area (Å²) in [4.78, 5) is 28.9. The quantitative estimate of drug-likeness (QED) is 0.285. The summed E-state index contributed by atoms with van der Waals surface area (Å²) in [6, 6.07) is 21.7. The molecule has 39 heavy (non-hydrogen) atoms. The summed E-state index contributed by atoms with van der Waals surface area (Å²) < 4.78 is 29.5. The molecule has 2 amide bonds. The maximum Gasteiger partial charge on any atom is 0.264 e. The number of nitrogens with zero attached hydrogens (tertiary/aromatic N) is 2. The van der Waals surface area contributed by atoms with Crippen molar-refractivity contribution in [3.8, 4) is 0 Å². The minimum absolute atomic E-state index is 0.0554. The Labute approximate surface area is 240 Å². The summed E-state index contributed by atoms with van der Waals surface area (Å²) in [5.74, 6) is -0.723. The Balaban J connectivity index is 2.04. The number of benzene rings is 3. The van der Waals surface area contributed by atoms with Gasteiger partial charge < -0.3 is 10.2 Å². The number of amides is 2. The van der Waals surface area contributed by atoms with Crippen LogP contribution in [0.15, 0.2) is 88.2 Å². The van der Waals surface area contributed by atoms with Gasteiger partial charge in [0.05, 0.1) is 10.6 Å². The second-order valence-electron chi connectivity index (χ2n) is 9.55. The van der Waals surface area contributed by atoms with Crippen molar-refractivity contribution < 1.29 is 18.0 Å². The van der Waals surface area contributed by atoms with Crippen LogP contribution in [0.4, 0.5) is 5.69 Å². The van der Waals surface area contributed by atoms with Crippen LogP contribution in [0.25, 0.3) is 0 Å². The van der Waals surface area contributed by atoms with Crippen LogP contribution in [0, 0.1) is 6.92 Å². The molecule has 3 aromatic rings. The van der Waals surface area contributed by atoms with Gasteiger partial charge in [-0.1, -0.05) is 77.8 Å². The van der Waals surface area contributed by atoms with Crippen molar-refractivity contribution in [3.63, 3.8) is 0 Å². The smallest absolute Gasteiger partial charge is 0.264 e. The molecule has 0 spiro atoms. The highest BCUT2D eigenvalue weighted by atomic mass is 79.9. The van der Waals surface area contributed by atoms with Gasteiger partial charge in [0.25, 0.3) is 10.0 Å². The topological polar surface area (TPSA) is 86.8 Å². The van der Waals surface area contributed by atoms with E-state index in [0.717, 1.165) is 26.3 Å². The monoisotopic (exact) mass is 613 g/mol. The van der Waals surface area contributed by atoms with Gasteiger partial charge in [-0.3, -0.25) is 13.9 Å². The summed E-state index contributed by atoms with van der Waals surface area (Å²) in [6.07, 6.45) is 1.13. The summed E-state index contributed by atoms with van der Waals surface area (Å²) in [6.45, 7) is 7.42. The first-order valence-electron chi connectivity index (χ1n) is 13.1. The van der Waals surface area contributed by atoms with Gasteiger partial charge in [-0.2, -0.15) is 0 Å². The number of aryl methyl sites for hydroxylation is 1. The number of hydrogen-bond acceptors (Lipinski definition) is 4. The molecule has 3 rings (SSSR count). The van der Waals surface area contributed by atoms with E-state index in [1.807, 2.05) is 52.0 Å². The Bertz CT molecular complexity index is 1360. The molecule has 0 saturated heterocycles. The van der Waals surface area contributed by atoms with Crippen LogP contribution in [0.3, 0.4) is 0 Å². The molecule has 2 atom stereocenters. The molecule has 3 aromatic carbocycles. The van der Waals surface area contributed by atoms with Crippen LogP contribution in [-0.4, -0.2) is 43.8 Å². The maximum atomic E-state index is 14.1. The van der Waals surface area contributed by atoms with Gasteiger partial charge in [0, 0.05) is 17.1 Å². The highest BCUT2D eigenvalue weighted by Crippen LogP contribution is 2.26. The first-order chi connectivity index (χ1) is 18.6. The molecule has 208 valence electrons. The molecule has 9 heteroatoms. The van der Waals surface area contributed by atoms with E-state index in [4.69, 9.17) is 0 Å². The predicted octanol–water partition coefficient (Wildman–Crippen LogP) is 5.67. The van der Waals surface area contributed by atoms with E-state index in [0.29, 0.717) is 12.1 Å². The van der Waals surface area contributed by atoms with Crippen molar-refractivity contribution in [1.29, 1.82) is 0 Å². The molecule has 0 aliphatic carbocycles. The molecule has 0 saturated carbocycles. The number of nitrogens with one attached hydrogen (secondary N) is 1. The number of carbonyl (C=O) groups excluding carboxylic acids is 2. The average Bonchev–Trinajstić information content (AvgIpc) is 2.92. The molecule has 0 aromatic heterocycles. The SMILES string of the molecule is CC[C@H](C)NC(=O)[C@H](CC)N(Cc1cccc(C)c1)C(=O)CN(c1ccc(Br)cc1)S(=O)(=O)c1ccccc1. The number of carbonyl (C=O) groups is 2. The first-order valence-corrected chi connectivity index (χ1v) is 15.3. The van der Waals surface area contributed by atoms with E-state index in [-0.39, 0.29) is 23.4 Å². The zero-order chi connectivity index (χ0) is 28.6. The molecule has 0 aliphatic heterocycles. The number of sulfonamides is 1. The molecule has 0 aliphatic rings. The molecule has 1 N–H and O–H groups in total. The molecule has 0 radical (unpaired) electrons. The lowest BCUT2D eigenvalue weighted by molar-refractivity contribution is -0.140. The van der Waals surface area contributed by atoms with Crippen molar-refractivity contribution in [3.05, 3.63) is 94.5 Å². The molecule has 0 fully saturated rings. The number of rotatable bonds is 12. The van der Waals surface area contributed by atoms with E-state index >= 15 is 0 Å². The van der Waals surface area contributed by atoms with Crippen LogP contribution < -0.4 is 9.62 Å². The Morgan fingerprint density at radius 3 is 2.18 bits per heavy atom. The van der Waals surface area contributed by atoms with Crippen molar-refractivity contribution >= 4 is 43.5 Å². The van der Waals surface area contributed by atoms with Gasteiger partial charge >= 0.3 is 0 Å². The van der Waals surface area contributed by atoms with E-state index in [9.17, 15) is 18.0 Å². The van der Waals surface area contributed by atoms with Crippen LogP contribution >= 0.6 is 15.9 Å². The summed E-state index contributed by atoms with van der Waals surface area (Å²) in [5, 5.41) is 2.99. The number of anilines is 1. The molecule has 0 unspecified atom stereocenters. The zero-order valence-electron chi connectivity index (χ0n) is 22.8. The summed E-state index contributed by atoms with van der Waals surface area (Å²) >= 11 is 3.39. The lowest BCUT2D eigenvalue weighted by atomic mass is 10.1. The van der Waals surface area contributed by atoms with E-state index < -0.39 is 28.5 Å². The number of hydrogen-bond donors (Lipinski definition) is 1. The maximum absolute atomic E-state index is 14.1. The van der Waals surface area contributed by atoms with E-state index in [1.54, 1.807) is 42.5 Å². The Morgan fingerprint density at radius 1 is 0.923 bits per heavy atom. The van der Waals surface area contributed by atoms with Gasteiger partial charge in [-0.25, -0.2) is 8.42 Å². The second kappa shape index (κ2) is 13.8. The molecule has 0 bridgehead atoms. The molecule has 0 heterocycles. The van der Waals surface area contributed by atoms with E-state index in [1.165, 1.54) is 17.0 Å². The normalized spacial score (nSPS) is 12.8. The first kappa shape index (κ1) is 30.4. The average molecular weight is 615 g/mol. The summed E-state index contributed by atoms with van der Waals surface area (Å²) in [7, 11) is -4.08. The number of halogens is 1. The minimum Gasteiger partial charge on any atom is -0.352 e. The fraction of sp³-hybridized carbons (Fsp3) is 0.333. The van der Waals surface area contributed by atoms with Crippen molar-refractivity contribution in [2.24, 2.45) is 0 Å². The fourth-order valence-electron chi connectivity index (χ4n) is 4.22. The van der Waals surface area contributed by atoms with Crippen LogP contribution in [-0.2, 0) is 26.2 Å². The predicted molar refractivity (Wildman–Crippen MR) is 159 cm³/mol. The molecule has 7 nitrogen and oxygen atoms in total. The van der Waals surface area contributed by atoms with Gasteiger partial charge in [0.1, 0.15) is 12.6 Å². The Morgan fingerprint density at radius 2 is 1.59 bits per heavy atom. The van der Waals surface area contributed by atoms with Crippen LogP contribution in [0.2, 0.25) is 0 Å². The molecular weight excluding hydrogens is 578 g/mol. The highest BCUT2D eigenvalue weighted by Gasteiger charge is 2.33. The lowest BCUT2D eigenvalue weighted by Gasteiger charge is -2.33. The zero-order valence-corrected chi connectivity index (χ0v) is 25.2. The van der Waals surface area contributed by atoms with Crippen molar-refractivity contribution in [2.75, 3.05) is 10.8 Å². The van der Waals surface area contributed by atoms with Crippen molar-refractivity contribution in [2.45, 2.75) is 64.1 Å². The third kappa shape index (κ3) is 7.92. The Kier molecular flexibility index (Phi) is 10.7. The van der Waals surface area contributed by atoms with E-state index in [2.05, 4.69) is 21.2 Å². The van der Waals surface area contributed by atoms with Gasteiger partial charge in [0.15, 0.2) is 0 Å². The van der Waals surface area contributed by atoms with Gasteiger partial charge in [-0.15, -0.1) is 0 Å². The van der Waals surface area contributed by atoms with Crippen molar-refractivity contribution in [1.82, 2.24) is 10.2 Å². The molecular formula is C30H36BrN3O4S. The van der Waals surface area contributed by atoms with Gasteiger partial charge in [0.2, 0.25) is 11.8 Å². The summed E-state index contributed by atoms with van der Waals surface area (Å²) in [5.41, 5.74) is 2.24. The third-order valence-corrected chi connectivity index (χ3v) is 8.86. The highest BCUT2D eigenvalue weighted by molar-refractivity contribution is 9.10. The van der Waals surface area contributed by atoms with Crippen LogP contribution in [0.1, 0.15) is 44.7 Å². The standard InChI is InChI=1S/C30H36BrN3O4S/c1-5-23(4)32-30(36)28(6-2)33(20-24-12-10-11-22(3)19-24)29(35)21-34(26-17-15-25(31)16-18-26)39(37,38)27-13-8-7-9-14-27/h7-19,23,28H,5-6,20-21H2,1-4H3,(H,32,36)/t23-,28-/m0/s1. The minimum atomic E-state index is -4.08. The largest absolute Gasteiger partial charge is 0.352 e. The van der Waals surface area contributed by atoms with Crippen LogP contribution in [0.5, 0.6) is 0 Å². The third-order valence-electron chi connectivity index (χ3n) is 6.55. The van der Waals surface area contributed by atoms with Gasteiger partial charge in [-0.05, 0) is 68.7 Å². The fourth-order valence-corrected chi connectivity index (χ4v) is 5.92. The Hall–Kier alpha value is -3.17. The lowest BCUT2D eigenvalue weighted by Crippen LogP contribution is -2.53. The second-order valence-corrected chi connectivity index (χ2v) is 12.3.